The smallest absolute Gasteiger partial charge is 0.314 e. The number of anilines is 1. The Kier molecular flexibility index (Phi) is 20.5. The fourth-order valence-corrected chi connectivity index (χ4v) is 19.4. The number of hydrogen-bond acceptors (Lipinski definition) is 11. The Morgan fingerprint density at radius 3 is 2.00 bits per heavy atom. The van der Waals surface area contributed by atoms with Gasteiger partial charge in [-0.25, -0.2) is 4.58 Å². The molecule has 5 aliphatic rings. The lowest BCUT2D eigenvalue weighted by Gasteiger charge is -2.37. The van der Waals surface area contributed by atoms with Gasteiger partial charge >= 0.3 is 5.97 Å². The Hall–Kier alpha value is -4.20. The predicted molar refractivity (Wildman–Crippen MR) is 343 cm³/mol. The van der Waals surface area contributed by atoms with Crippen molar-refractivity contribution in [1.82, 2.24) is 0 Å². The summed E-state index contributed by atoms with van der Waals surface area (Å²) in [6.45, 7) is 13.4. The summed E-state index contributed by atoms with van der Waals surface area (Å²) in [6, 6.07) is 18.1. The highest BCUT2D eigenvalue weighted by molar-refractivity contribution is 8.15. The van der Waals surface area contributed by atoms with Crippen LogP contribution in [0.15, 0.2) is 65.3 Å². The number of thioether (sulfide) groups is 1. The molecular formula is C69H91N2O6S4+. The third-order valence-electron chi connectivity index (χ3n) is 19.2. The van der Waals surface area contributed by atoms with Crippen molar-refractivity contribution in [2.24, 2.45) is 41.4 Å². The summed E-state index contributed by atoms with van der Waals surface area (Å²) in [6.07, 6.45) is 28.5. The topological polar surface area (TPSA) is 99.3 Å². The second-order valence-electron chi connectivity index (χ2n) is 24.7. The van der Waals surface area contributed by atoms with Gasteiger partial charge in [0.2, 0.25) is 10.8 Å². The molecule has 1 aliphatic heterocycles. The van der Waals surface area contributed by atoms with Gasteiger partial charge in [-0.3, -0.25) is 9.59 Å². The number of Topliss-reactive ketones (excluding diaryl/α,β-unsaturated/α-hetero) is 1. The standard InChI is InChI=1S/C69H90N2O6S4/c1-8-13-19-43(11-4)41-70(6)56-39-54-64(80-56)58(48-31-35-52(36-32-48)76-68(74)50-21-16-15-17-22-50)66(78-54)60-62(72)61(63(60)73)67-59(65-55(79-67)40-57(81-65)71(7)42-44(12-5)20-14-9-2)49-33-37-53(38-34-49)77-69(75)51-29-27-47(28-30-51)46-25-23-45(18-10-3)24-26-46/h31-40,43-47,50-51,68,74H,8-30,41-42H2,1-7H3/p+1. The summed E-state index contributed by atoms with van der Waals surface area (Å²) in [4.78, 5) is 33.2. The summed E-state index contributed by atoms with van der Waals surface area (Å²) in [7, 11) is 4.40. The first-order valence-electron chi connectivity index (χ1n) is 31.6. The van der Waals surface area contributed by atoms with Gasteiger partial charge in [0.05, 0.1) is 36.2 Å². The molecule has 12 heteroatoms. The van der Waals surface area contributed by atoms with E-state index in [2.05, 4.69) is 70.3 Å². The molecule has 4 heterocycles. The molecule has 3 aromatic heterocycles. The second kappa shape index (κ2) is 27.7. The number of benzene rings is 2. The van der Waals surface area contributed by atoms with E-state index in [0.717, 1.165) is 146 Å². The number of aliphatic hydroxyl groups is 2. The Bertz CT molecular complexity index is 3160. The van der Waals surface area contributed by atoms with E-state index >= 15 is 4.79 Å². The van der Waals surface area contributed by atoms with Gasteiger partial charge in [0.25, 0.3) is 0 Å². The molecule has 2 N–H and O–H groups in total. The van der Waals surface area contributed by atoms with Crippen LogP contribution in [0.5, 0.6) is 11.5 Å². The number of esters is 1. The molecule has 436 valence electrons. The molecule has 0 saturated heterocycles. The van der Waals surface area contributed by atoms with E-state index in [9.17, 15) is 15.0 Å². The SMILES string of the molecule is CCCCC(CC)CN(C)c1cc2sc(C3=C(O)/C(=c4\sc5c(c4-c4ccc(OC(=O)C6CCC(C7CCC(CCC)CC7)CC6)cc4)SC(=[N+](C)CC(CC)CCCC)C=5)C3=O)c(-c3ccc(OC(O)C4CCCCC4)cc3)c2s1. The quantitative estimate of drug-likeness (QED) is 0.0273. The molecule has 0 bridgehead atoms. The first-order valence-corrected chi connectivity index (χ1v) is 34.8. The van der Waals surface area contributed by atoms with Gasteiger partial charge in [-0.1, -0.05) is 136 Å². The normalized spacial score (nSPS) is 23.0. The van der Waals surface area contributed by atoms with Crippen LogP contribution >= 0.6 is 45.8 Å². The van der Waals surface area contributed by atoms with Crippen LogP contribution in [-0.4, -0.2) is 65.1 Å². The minimum absolute atomic E-state index is 0.0309. The van der Waals surface area contributed by atoms with Gasteiger partial charge in [-0.15, -0.1) is 34.0 Å². The highest BCUT2D eigenvalue weighted by Crippen LogP contribution is 2.53. The zero-order valence-electron chi connectivity index (χ0n) is 49.6. The third-order valence-corrected chi connectivity index (χ3v) is 24.3. The maximum atomic E-state index is 15.2. The molecule has 4 aliphatic carbocycles. The number of aliphatic hydroxyl groups excluding tert-OH is 2. The summed E-state index contributed by atoms with van der Waals surface area (Å²) in [5.41, 5.74) is 4.45. The molecule has 2 aromatic carbocycles. The fourth-order valence-electron chi connectivity index (χ4n) is 14.0. The number of allylic oxidation sites excluding steroid dienone is 2. The van der Waals surface area contributed by atoms with Gasteiger partial charge in [0.15, 0.2) is 6.29 Å². The van der Waals surface area contributed by atoms with E-state index in [1.54, 1.807) is 45.8 Å². The molecular weight excluding hydrogens is 1080 g/mol. The van der Waals surface area contributed by atoms with Crippen molar-refractivity contribution >= 4 is 94.2 Å². The lowest BCUT2D eigenvalue weighted by atomic mass is 9.69. The molecule has 8 nitrogen and oxygen atoms in total. The molecule has 5 aromatic rings. The van der Waals surface area contributed by atoms with Gasteiger partial charge in [0, 0.05) is 56.8 Å². The Balaban J connectivity index is 0.976. The molecule has 81 heavy (non-hydrogen) atoms. The highest BCUT2D eigenvalue weighted by Gasteiger charge is 2.41. The van der Waals surface area contributed by atoms with Gasteiger partial charge < -0.3 is 24.6 Å². The molecule has 0 spiro atoms. The van der Waals surface area contributed by atoms with Crippen LogP contribution in [0.4, 0.5) is 5.00 Å². The van der Waals surface area contributed by atoms with E-state index in [1.165, 1.54) is 93.5 Å². The van der Waals surface area contributed by atoms with Gasteiger partial charge in [0.1, 0.15) is 30.9 Å². The first-order chi connectivity index (χ1) is 39.4. The molecule has 0 radical (unpaired) electrons. The van der Waals surface area contributed by atoms with E-state index < -0.39 is 6.29 Å². The molecule has 3 saturated carbocycles. The zero-order chi connectivity index (χ0) is 56.7. The molecule has 3 unspecified atom stereocenters. The highest BCUT2D eigenvalue weighted by atomic mass is 32.2. The largest absolute Gasteiger partial charge is 0.506 e. The van der Waals surface area contributed by atoms with E-state index in [0.29, 0.717) is 34.5 Å². The summed E-state index contributed by atoms with van der Waals surface area (Å²) < 4.78 is 18.7. The van der Waals surface area contributed by atoms with Crippen LogP contribution in [0, 0.1) is 41.4 Å². The van der Waals surface area contributed by atoms with Crippen molar-refractivity contribution in [3.63, 3.8) is 0 Å². The lowest BCUT2D eigenvalue weighted by Crippen LogP contribution is -2.30. The summed E-state index contributed by atoms with van der Waals surface area (Å²) >= 11 is 6.67. The Labute approximate surface area is 499 Å². The number of thiophene rings is 3. The van der Waals surface area contributed by atoms with Gasteiger partial charge in [-0.2, -0.15) is 0 Å². The number of carbonyl (C=O) groups is 2. The number of nitrogens with zero attached hydrogens (tertiary/aromatic N) is 2. The fraction of sp³-hybridized carbons (Fsp3) is 0.580. The van der Waals surface area contributed by atoms with Crippen LogP contribution in [-0.2, 0) is 9.59 Å². The van der Waals surface area contributed by atoms with Gasteiger partial charge in [-0.05, 0) is 148 Å². The van der Waals surface area contributed by atoms with E-state index in [-0.39, 0.29) is 29.3 Å². The lowest BCUT2D eigenvalue weighted by molar-refractivity contribution is -0.501. The molecule has 0 amide bonds. The number of unbranched alkanes of at least 4 members (excludes halogenated alkanes) is 2. The molecule has 3 atom stereocenters. The van der Waals surface area contributed by atoms with Crippen LogP contribution in [0.25, 0.3) is 48.9 Å². The average Bonchev–Trinajstić information content (AvgIpc) is 4.46. The number of ether oxygens (including phenoxy) is 2. The van der Waals surface area contributed by atoms with E-state index in [1.807, 2.05) is 48.5 Å². The monoisotopic (exact) mass is 1170 g/mol. The number of rotatable bonds is 24. The van der Waals surface area contributed by atoms with Crippen LogP contribution in [0.2, 0.25) is 0 Å². The maximum Gasteiger partial charge on any atom is 0.314 e. The van der Waals surface area contributed by atoms with Crippen molar-refractivity contribution in [2.45, 2.75) is 193 Å². The number of carbonyl (C=O) groups excluding carboxylic acids is 2. The number of ketones is 1. The van der Waals surface area contributed by atoms with E-state index in [4.69, 9.17) is 9.47 Å². The van der Waals surface area contributed by atoms with Crippen molar-refractivity contribution in [3.8, 4) is 33.8 Å². The van der Waals surface area contributed by atoms with Crippen molar-refractivity contribution in [1.29, 1.82) is 0 Å². The second-order valence-corrected chi connectivity index (χ2v) is 28.9. The Morgan fingerprint density at radius 2 is 1.37 bits per heavy atom. The zero-order valence-corrected chi connectivity index (χ0v) is 52.9. The maximum absolute atomic E-state index is 15.2. The first kappa shape index (κ1) is 59.9. The third kappa shape index (κ3) is 13.5. The van der Waals surface area contributed by atoms with Crippen molar-refractivity contribution < 1.29 is 33.9 Å². The minimum Gasteiger partial charge on any atom is -0.506 e. The van der Waals surface area contributed by atoms with Crippen LogP contribution in [0.3, 0.4) is 0 Å². The van der Waals surface area contributed by atoms with Crippen molar-refractivity contribution in [2.75, 3.05) is 32.1 Å². The predicted octanol–water partition coefficient (Wildman–Crippen LogP) is 17.5. The molecule has 3 fully saturated rings. The van der Waals surface area contributed by atoms with Crippen LogP contribution in [0.1, 0.15) is 187 Å². The number of hydrogen-bond donors (Lipinski definition) is 2. The molecule has 10 rings (SSSR count). The van der Waals surface area contributed by atoms with Crippen LogP contribution < -0.4 is 23.4 Å². The summed E-state index contributed by atoms with van der Waals surface area (Å²) in [5.74, 6) is 4.64. The minimum atomic E-state index is -0.851. The summed E-state index contributed by atoms with van der Waals surface area (Å²) in [5, 5.41) is 26.0. The number of fused-ring (bicyclic) bond motifs is 2. The average molecular weight is 1170 g/mol. The Morgan fingerprint density at radius 1 is 0.741 bits per heavy atom. The van der Waals surface area contributed by atoms with Crippen molar-refractivity contribution in [3.05, 3.63) is 74.3 Å².